The van der Waals surface area contributed by atoms with Crippen LogP contribution in [0.2, 0.25) is 0 Å². The minimum atomic E-state index is -0.451. The standard InChI is InChI=1S/C20H34O3/c1-13(7-10-21)14-11-16-19(4)9-6-8-18(2,3)15(19)12-17(22)20(16,5)23-14/h7,14-17,21-22H,6,8-12H2,1-5H3/b13-7+/t14-,15-,16+,17-,19-,20-/m0/s1. The van der Waals surface area contributed by atoms with Crippen LogP contribution in [0.3, 0.4) is 0 Å². The summed E-state index contributed by atoms with van der Waals surface area (Å²) in [6.07, 6.45) is 7.10. The van der Waals surface area contributed by atoms with E-state index >= 15 is 0 Å². The van der Waals surface area contributed by atoms with E-state index in [4.69, 9.17) is 4.74 Å². The van der Waals surface area contributed by atoms with Crippen molar-refractivity contribution in [1.29, 1.82) is 0 Å². The van der Waals surface area contributed by atoms with Crippen LogP contribution in [-0.2, 0) is 4.74 Å². The molecule has 0 unspecified atom stereocenters. The molecule has 0 radical (unpaired) electrons. The summed E-state index contributed by atoms with van der Waals surface area (Å²) in [5, 5.41) is 20.2. The highest BCUT2D eigenvalue weighted by Gasteiger charge is 2.65. The number of fused-ring (bicyclic) bond motifs is 3. The summed E-state index contributed by atoms with van der Waals surface area (Å²) in [7, 11) is 0. The Balaban J connectivity index is 1.97. The van der Waals surface area contributed by atoms with E-state index in [1.807, 2.05) is 13.0 Å². The highest BCUT2D eigenvalue weighted by Crippen LogP contribution is 2.65. The van der Waals surface area contributed by atoms with E-state index < -0.39 is 11.7 Å². The molecule has 1 heterocycles. The first-order valence-corrected chi connectivity index (χ1v) is 9.28. The van der Waals surface area contributed by atoms with Gasteiger partial charge in [-0.1, -0.05) is 33.3 Å². The van der Waals surface area contributed by atoms with Gasteiger partial charge in [0.2, 0.25) is 0 Å². The Kier molecular flexibility index (Phi) is 4.23. The molecule has 0 amide bonds. The topological polar surface area (TPSA) is 49.7 Å². The van der Waals surface area contributed by atoms with Gasteiger partial charge in [-0.2, -0.15) is 0 Å². The molecule has 0 aromatic heterocycles. The summed E-state index contributed by atoms with van der Waals surface area (Å²) < 4.78 is 6.43. The molecule has 0 aromatic rings. The molecule has 0 spiro atoms. The van der Waals surface area contributed by atoms with Crippen molar-refractivity contribution >= 4 is 0 Å². The smallest absolute Gasteiger partial charge is 0.0954 e. The molecule has 23 heavy (non-hydrogen) atoms. The van der Waals surface area contributed by atoms with Gasteiger partial charge in [-0.15, -0.1) is 0 Å². The molecule has 132 valence electrons. The average molecular weight is 322 g/mol. The fraction of sp³-hybridized carbons (Fsp3) is 0.900. The minimum absolute atomic E-state index is 0.0346. The third-order valence-corrected chi connectivity index (χ3v) is 7.65. The second kappa shape index (κ2) is 5.57. The lowest BCUT2D eigenvalue weighted by atomic mass is 9.45. The van der Waals surface area contributed by atoms with Gasteiger partial charge in [0, 0.05) is 0 Å². The average Bonchev–Trinajstić information content (AvgIpc) is 2.83. The van der Waals surface area contributed by atoms with Gasteiger partial charge in [0.25, 0.3) is 0 Å². The molecule has 2 aliphatic carbocycles. The van der Waals surface area contributed by atoms with Gasteiger partial charge >= 0.3 is 0 Å². The van der Waals surface area contributed by atoms with E-state index in [2.05, 4.69) is 27.7 Å². The lowest BCUT2D eigenvalue weighted by molar-refractivity contribution is -0.207. The van der Waals surface area contributed by atoms with Crippen molar-refractivity contribution in [3.63, 3.8) is 0 Å². The van der Waals surface area contributed by atoms with Gasteiger partial charge in [-0.25, -0.2) is 0 Å². The zero-order valence-corrected chi connectivity index (χ0v) is 15.4. The molecule has 6 atom stereocenters. The molecule has 1 aliphatic heterocycles. The number of aliphatic hydroxyl groups excluding tert-OH is 2. The van der Waals surface area contributed by atoms with Gasteiger partial charge in [0.1, 0.15) is 0 Å². The summed E-state index contributed by atoms with van der Waals surface area (Å²) >= 11 is 0. The molecule has 3 fully saturated rings. The molecule has 3 aliphatic rings. The lowest BCUT2D eigenvalue weighted by Crippen LogP contribution is -2.61. The Hall–Kier alpha value is -0.380. The zero-order chi connectivity index (χ0) is 17.0. The number of rotatable bonds is 2. The number of hydrogen-bond acceptors (Lipinski definition) is 3. The van der Waals surface area contributed by atoms with E-state index in [1.165, 1.54) is 19.3 Å². The number of aliphatic hydroxyl groups is 2. The summed E-state index contributed by atoms with van der Waals surface area (Å²) in [6, 6.07) is 0. The first-order valence-electron chi connectivity index (χ1n) is 9.28. The molecule has 0 bridgehead atoms. The van der Waals surface area contributed by atoms with Gasteiger partial charge in [0.15, 0.2) is 0 Å². The highest BCUT2D eigenvalue weighted by molar-refractivity contribution is 5.19. The van der Waals surface area contributed by atoms with E-state index in [9.17, 15) is 10.2 Å². The fourth-order valence-electron chi connectivity index (χ4n) is 6.30. The maximum Gasteiger partial charge on any atom is 0.0954 e. The molecule has 1 saturated heterocycles. The Bertz CT molecular complexity index is 497. The molecular weight excluding hydrogens is 288 g/mol. The van der Waals surface area contributed by atoms with Crippen LogP contribution in [0, 0.1) is 22.7 Å². The van der Waals surface area contributed by atoms with Crippen LogP contribution in [0.4, 0.5) is 0 Å². The Labute approximate surface area is 141 Å². The van der Waals surface area contributed by atoms with E-state index in [1.54, 1.807) is 0 Å². The number of hydrogen-bond donors (Lipinski definition) is 2. The van der Waals surface area contributed by atoms with Crippen molar-refractivity contribution in [2.75, 3.05) is 6.61 Å². The Morgan fingerprint density at radius 3 is 2.48 bits per heavy atom. The van der Waals surface area contributed by atoms with Crippen LogP contribution in [0.5, 0.6) is 0 Å². The molecule has 2 saturated carbocycles. The molecule has 2 N–H and O–H groups in total. The predicted octanol–water partition coefficient (Wildman–Crippen LogP) is 3.69. The predicted molar refractivity (Wildman–Crippen MR) is 92.1 cm³/mol. The second-order valence-electron chi connectivity index (χ2n) is 9.36. The fourth-order valence-corrected chi connectivity index (χ4v) is 6.30. The van der Waals surface area contributed by atoms with E-state index in [0.29, 0.717) is 17.3 Å². The van der Waals surface area contributed by atoms with Gasteiger partial charge in [-0.3, -0.25) is 0 Å². The van der Waals surface area contributed by atoms with Crippen molar-refractivity contribution in [1.82, 2.24) is 0 Å². The zero-order valence-electron chi connectivity index (χ0n) is 15.4. The van der Waals surface area contributed by atoms with Crippen molar-refractivity contribution in [2.45, 2.75) is 84.5 Å². The summed E-state index contributed by atoms with van der Waals surface area (Å²) in [5.41, 5.74) is 1.19. The van der Waals surface area contributed by atoms with Crippen LogP contribution in [0.15, 0.2) is 11.6 Å². The van der Waals surface area contributed by atoms with Crippen molar-refractivity contribution in [3.8, 4) is 0 Å². The molecule has 3 heteroatoms. The lowest BCUT2D eigenvalue weighted by Gasteiger charge is -2.61. The van der Waals surface area contributed by atoms with Crippen molar-refractivity contribution in [2.24, 2.45) is 22.7 Å². The Morgan fingerprint density at radius 1 is 1.13 bits per heavy atom. The third kappa shape index (κ3) is 2.51. The molecule has 0 aromatic carbocycles. The summed E-state index contributed by atoms with van der Waals surface area (Å²) in [5.74, 6) is 0.941. The monoisotopic (exact) mass is 322 g/mol. The molecular formula is C20H34O3. The maximum atomic E-state index is 11.0. The van der Waals surface area contributed by atoms with Gasteiger partial charge in [0.05, 0.1) is 24.4 Å². The van der Waals surface area contributed by atoms with Crippen molar-refractivity contribution in [3.05, 3.63) is 11.6 Å². The van der Waals surface area contributed by atoms with Crippen LogP contribution in [0.25, 0.3) is 0 Å². The first kappa shape index (κ1) is 17.4. The largest absolute Gasteiger partial charge is 0.392 e. The van der Waals surface area contributed by atoms with Gasteiger partial charge < -0.3 is 14.9 Å². The third-order valence-electron chi connectivity index (χ3n) is 7.65. The van der Waals surface area contributed by atoms with Crippen LogP contribution in [-0.4, -0.2) is 34.6 Å². The minimum Gasteiger partial charge on any atom is -0.392 e. The van der Waals surface area contributed by atoms with E-state index in [-0.39, 0.29) is 18.1 Å². The van der Waals surface area contributed by atoms with E-state index in [0.717, 1.165) is 18.4 Å². The Morgan fingerprint density at radius 2 is 1.83 bits per heavy atom. The van der Waals surface area contributed by atoms with Crippen molar-refractivity contribution < 1.29 is 14.9 Å². The van der Waals surface area contributed by atoms with Crippen LogP contribution < -0.4 is 0 Å². The molecule has 3 rings (SSSR count). The molecule has 3 nitrogen and oxygen atoms in total. The SMILES string of the molecule is C/C(=C\CO)[C@@H]1C[C@@H]2[C@@]3(C)CCCC(C)(C)[C@@H]3C[C@H](O)[C@@]2(C)O1. The first-order chi connectivity index (χ1) is 10.6. The normalized spacial score (nSPS) is 49.6. The van der Waals surface area contributed by atoms with Crippen LogP contribution in [0.1, 0.15) is 66.7 Å². The van der Waals surface area contributed by atoms with Crippen LogP contribution >= 0.6 is 0 Å². The summed E-state index contributed by atoms with van der Waals surface area (Å²) in [4.78, 5) is 0. The highest BCUT2D eigenvalue weighted by atomic mass is 16.5. The van der Waals surface area contributed by atoms with Gasteiger partial charge in [-0.05, 0) is 67.8 Å². The quantitative estimate of drug-likeness (QED) is 0.762. The summed E-state index contributed by atoms with van der Waals surface area (Å²) in [6.45, 7) is 11.4. The maximum absolute atomic E-state index is 11.0. The second-order valence-corrected chi connectivity index (χ2v) is 9.36. The number of ether oxygens (including phenoxy) is 1.